The molecule has 12 heavy (non-hydrogen) atoms. The molecule has 1 fully saturated rings. The van der Waals surface area contributed by atoms with Gasteiger partial charge < -0.3 is 15.8 Å². The fraction of sp³-hybridized carbons (Fsp3) is 1.00. The molecule has 0 atom stereocenters. The van der Waals surface area contributed by atoms with Gasteiger partial charge in [-0.05, 0) is 18.3 Å². The van der Waals surface area contributed by atoms with E-state index in [1.165, 1.54) is 12.8 Å². The average Bonchev–Trinajstić information content (AvgIpc) is 2.77. The Labute approximate surface area is 74.7 Å². The number of hydrogen-bond donors (Lipinski definition) is 2. The van der Waals surface area contributed by atoms with Crippen LogP contribution in [-0.4, -0.2) is 32.8 Å². The highest BCUT2D eigenvalue weighted by Crippen LogP contribution is 2.43. The van der Waals surface area contributed by atoms with Crippen molar-refractivity contribution in [3.8, 4) is 0 Å². The van der Waals surface area contributed by atoms with Crippen LogP contribution in [-0.2, 0) is 4.74 Å². The highest BCUT2D eigenvalue weighted by Gasteiger charge is 2.36. The minimum Gasteiger partial charge on any atom is -0.379 e. The highest BCUT2D eigenvalue weighted by atomic mass is 16.5. The molecule has 3 heteroatoms. The molecule has 1 aliphatic carbocycles. The molecule has 1 aliphatic rings. The van der Waals surface area contributed by atoms with Crippen molar-refractivity contribution >= 4 is 0 Å². The van der Waals surface area contributed by atoms with Crippen LogP contribution >= 0.6 is 0 Å². The van der Waals surface area contributed by atoms with E-state index in [0.29, 0.717) is 18.6 Å². The number of hydrogen-bond acceptors (Lipinski definition) is 3. The second-order valence-electron chi connectivity index (χ2n) is 3.89. The third-order valence-electron chi connectivity index (χ3n) is 2.34. The van der Waals surface area contributed by atoms with Crippen LogP contribution in [0.2, 0.25) is 0 Å². The Morgan fingerprint density at radius 1 is 1.42 bits per heavy atom. The summed E-state index contributed by atoms with van der Waals surface area (Å²) in [5.74, 6) is 0. The fourth-order valence-electron chi connectivity index (χ4n) is 1.11. The molecule has 3 nitrogen and oxygen atoms in total. The number of ether oxygens (including phenoxy) is 1. The molecule has 0 aromatic heterocycles. The zero-order valence-corrected chi connectivity index (χ0v) is 7.94. The van der Waals surface area contributed by atoms with Gasteiger partial charge in [-0.3, -0.25) is 0 Å². The third-order valence-corrected chi connectivity index (χ3v) is 2.34. The van der Waals surface area contributed by atoms with Crippen molar-refractivity contribution in [3.63, 3.8) is 0 Å². The molecular formula is C9H20N2O. The lowest BCUT2D eigenvalue weighted by atomic mass is 10.1. The number of nitrogens with two attached hydrogens (primary N) is 1. The molecule has 3 N–H and O–H groups in total. The molecule has 0 bridgehead atoms. The SMILES string of the molecule is CC1(CNCCOCCN)CC1. The summed E-state index contributed by atoms with van der Waals surface area (Å²) in [7, 11) is 0. The van der Waals surface area contributed by atoms with Crippen LogP contribution < -0.4 is 11.1 Å². The minimum atomic E-state index is 0.605. The third kappa shape index (κ3) is 4.04. The zero-order valence-electron chi connectivity index (χ0n) is 7.94. The van der Waals surface area contributed by atoms with E-state index in [4.69, 9.17) is 10.5 Å². The lowest BCUT2D eigenvalue weighted by Gasteiger charge is -2.09. The van der Waals surface area contributed by atoms with Crippen LogP contribution in [0.4, 0.5) is 0 Å². The highest BCUT2D eigenvalue weighted by molar-refractivity contribution is 4.90. The first-order valence-corrected chi connectivity index (χ1v) is 4.75. The molecule has 0 spiro atoms. The topological polar surface area (TPSA) is 47.3 Å². The van der Waals surface area contributed by atoms with Gasteiger partial charge in [0.2, 0.25) is 0 Å². The van der Waals surface area contributed by atoms with Gasteiger partial charge >= 0.3 is 0 Å². The van der Waals surface area contributed by atoms with E-state index >= 15 is 0 Å². The van der Waals surface area contributed by atoms with E-state index in [1.807, 2.05) is 0 Å². The fourth-order valence-corrected chi connectivity index (χ4v) is 1.11. The summed E-state index contributed by atoms with van der Waals surface area (Å²) in [6.45, 7) is 6.50. The second kappa shape index (κ2) is 4.80. The Morgan fingerprint density at radius 3 is 2.75 bits per heavy atom. The minimum absolute atomic E-state index is 0.605. The van der Waals surface area contributed by atoms with Gasteiger partial charge in [-0.15, -0.1) is 0 Å². The Hall–Kier alpha value is -0.120. The maximum atomic E-state index is 5.28. The van der Waals surface area contributed by atoms with E-state index in [0.717, 1.165) is 19.7 Å². The summed E-state index contributed by atoms with van der Waals surface area (Å²) in [6.07, 6.45) is 2.76. The van der Waals surface area contributed by atoms with Crippen LogP contribution in [0.15, 0.2) is 0 Å². The predicted octanol–water partition coefficient (Wildman–Crippen LogP) is 0.351. The van der Waals surface area contributed by atoms with Gasteiger partial charge in [0.1, 0.15) is 0 Å². The molecule has 0 amide bonds. The van der Waals surface area contributed by atoms with Crippen molar-refractivity contribution < 1.29 is 4.74 Å². The zero-order chi connectivity index (χ0) is 8.86. The molecule has 0 aromatic rings. The van der Waals surface area contributed by atoms with Crippen LogP contribution in [0.1, 0.15) is 19.8 Å². The van der Waals surface area contributed by atoms with E-state index in [2.05, 4.69) is 12.2 Å². The first kappa shape index (κ1) is 9.96. The largest absolute Gasteiger partial charge is 0.379 e. The molecule has 0 radical (unpaired) electrons. The average molecular weight is 172 g/mol. The molecule has 0 unspecified atom stereocenters. The van der Waals surface area contributed by atoms with Crippen molar-refractivity contribution in [2.45, 2.75) is 19.8 Å². The molecule has 1 saturated carbocycles. The van der Waals surface area contributed by atoms with Gasteiger partial charge in [0.15, 0.2) is 0 Å². The maximum absolute atomic E-state index is 5.28. The second-order valence-corrected chi connectivity index (χ2v) is 3.89. The molecule has 0 saturated heterocycles. The van der Waals surface area contributed by atoms with E-state index in [1.54, 1.807) is 0 Å². The van der Waals surface area contributed by atoms with Crippen LogP contribution in [0, 0.1) is 5.41 Å². The summed E-state index contributed by atoms with van der Waals surface area (Å²) in [5, 5.41) is 3.38. The lowest BCUT2D eigenvalue weighted by molar-refractivity contribution is 0.142. The summed E-state index contributed by atoms with van der Waals surface area (Å²) in [5.41, 5.74) is 5.88. The Balaban J connectivity index is 1.77. The van der Waals surface area contributed by atoms with Crippen LogP contribution in [0.25, 0.3) is 0 Å². The van der Waals surface area contributed by atoms with Crippen molar-refractivity contribution in [1.82, 2.24) is 5.32 Å². The normalized spacial score (nSPS) is 19.5. The molecule has 0 aliphatic heterocycles. The van der Waals surface area contributed by atoms with Crippen LogP contribution in [0.3, 0.4) is 0 Å². The molecule has 72 valence electrons. The number of nitrogens with one attached hydrogen (secondary N) is 1. The molecule has 0 aromatic carbocycles. The van der Waals surface area contributed by atoms with Gasteiger partial charge in [-0.25, -0.2) is 0 Å². The first-order valence-electron chi connectivity index (χ1n) is 4.75. The van der Waals surface area contributed by atoms with Crippen molar-refractivity contribution in [2.75, 3.05) is 32.8 Å². The smallest absolute Gasteiger partial charge is 0.0591 e. The van der Waals surface area contributed by atoms with Gasteiger partial charge in [0, 0.05) is 19.6 Å². The van der Waals surface area contributed by atoms with E-state index in [9.17, 15) is 0 Å². The molecule has 0 heterocycles. The molecule has 1 rings (SSSR count). The summed E-state index contributed by atoms with van der Waals surface area (Å²) < 4.78 is 5.23. The van der Waals surface area contributed by atoms with Crippen LogP contribution in [0.5, 0.6) is 0 Å². The quantitative estimate of drug-likeness (QED) is 0.545. The monoisotopic (exact) mass is 172 g/mol. The lowest BCUT2D eigenvalue weighted by Crippen LogP contribution is -2.26. The first-order chi connectivity index (χ1) is 5.77. The van der Waals surface area contributed by atoms with Crippen molar-refractivity contribution in [3.05, 3.63) is 0 Å². The standard InChI is InChI=1S/C9H20N2O/c1-9(2-3-9)8-11-5-7-12-6-4-10/h11H,2-8,10H2,1H3. The van der Waals surface area contributed by atoms with E-state index in [-0.39, 0.29) is 0 Å². The van der Waals surface area contributed by atoms with Gasteiger partial charge in [0.05, 0.1) is 13.2 Å². The summed E-state index contributed by atoms with van der Waals surface area (Å²) in [4.78, 5) is 0. The summed E-state index contributed by atoms with van der Waals surface area (Å²) in [6, 6.07) is 0. The Bertz CT molecular complexity index is 124. The number of rotatable bonds is 7. The van der Waals surface area contributed by atoms with Gasteiger partial charge in [0.25, 0.3) is 0 Å². The predicted molar refractivity (Wildman–Crippen MR) is 50.1 cm³/mol. The van der Waals surface area contributed by atoms with Crippen molar-refractivity contribution in [2.24, 2.45) is 11.1 Å². The Morgan fingerprint density at radius 2 is 2.17 bits per heavy atom. The summed E-state index contributed by atoms with van der Waals surface area (Å²) >= 11 is 0. The van der Waals surface area contributed by atoms with Gasteiger partial charge in [-0.2, -0.15) is 0 Å². The van der Waals surface area contributed by atoms with Gasteiger partial charge in [-0.1, -0.05) is 6.92 Å². The molecular weight excluding hydrogens is 152 g/mol. The van der Waals surface area contributed by atoms with Crippen molar-refractivity contribution in [1.29, 1.82) is 0 Å². The Kier molecular flexibility index (Phi) is 3.98. The maximum Gasteiger partial charge on any atom is 0.0591 e. The van der Waals surface area contributed by atoms with E-state index < -0.39 is 0 Å².